The van der Waals surface area contributed by atoms with Crippen LogP contribution < -0.4 is 5.32 Å². The van der Waals surface area contributed by atoms with E-state index in [0.29, 0.717) is 6.42 Å². The van der Waals surface area contributed by atoms with Crippen molar-refractivity contribution < 1.29 is 4.79 Å². The van der Waals surface area contributed by atoms with E-state index >= 15 is 0 Å². The van der Waals surface area contributed by atoms with E-state index in [1.54, 1.807) is 0 Å². The molecule has 3 heteroatoms. The normalized spacial score (nSPS) is 20.5. The molecule has 2 nitrogen and oxygen atoms in total. The highest BCUT2D eigenvalue weighted by Gasteiger charge is 2.40. The third-order valence-corrected chi connectivity index (χ3v) is 6.19. The maximum atomic E-state index is 13.4. The Bertz CT molecular complexity index is 1140. The summed E-state index contributed by atoms with van der Waals surface area (Å²) in [5.74, 6) is 0.254. The van der Waals surface area contributed by atoms with Gasteiger partial charge in [0.1, 0.15) is 0 Å². The Morgan fingerprint density at radius 1 is 0.964 bits per heavy atom. The molecule has 1 N–H and O–H groups in total. The van der Waals surface area contributed by atoms with Gasteiger partial charge in [-0.2, -0.15) is 0 Å². The molecule has 5 rings (SSSR count). The van der Waals surface area contributed by atoms with E-state index in [9.17, 15) is 4.79 Å². The van der Waals surface area contributed by atoms with Crippen LogP contribution in [-0.2, 0) is 4.79 Å². The molecule has 0 saturated carbocycles. The van der Waals surface area contributed by atoms with E-state index in [0.717, 1.165) is 44.6 Å². The molecular weight excluding hydrogens is 366 g/mol. The molecule has 0 saturated heterocycles. The predicted octanol–water partition coefficient (Wildman–Crippen LogP) is 6.80. The highest BCUT2D eigenvalue weighted by atomic mass is 35.5. The summed E-state index contributed by atoms with van der Waals surface area (Å²) >= 11 is 6.12. The standard InChI is InChI=1S/C25H22ClNO/c1-25(2)13-19-23(21(28)14-25)22-18-6-4-3-5-15(18)9-12-20(22)27-24(19)16-7-10-17(26)11-8-16/h3-12,24,27H,13-14H2,1-2H3. The molecule has 0 bridgehead atoms. The van der Waals surface area contributed by atoms with Crippen LogP contribution in [0.1, 0.15) is 43.9 Å². The van der Waals surface area contributed by atoms with Crippen molar-refractivity contribution in [1.29, 1.82) is 0 Å². The maximum Gasteiger partial charge on any atom is 0.164 e. The maximum absolute atomic E-state index is 13.4. The van der Waals surface area contributed by atoms with E-state index in [2.05, 4.69) is 55.6 Å². The number of halogens is 1. The van der Waals surface area contributed by atoms with Gasteiger partial charge in [-0.05, 0) is 51.9 Å². The van der Waals surface area contributed by atoms with E-state index in [-0.39, 0.29) is 17.2 Å². The zero-order valence-electron chi connectivity index (χ0n) is 16.1. The van der Waals surface area contributed by atoms with Gasteiger partial charge in [0, 0.05) is 28.3 Å². The molecule has 1 unspecified atom stereocenters. The van der Waals surface area contributed by atoms with E-state index in [1.165, 1.54) is 5.57 Å². The Morgan fingerprint density at radius 2 is 1.71 bits per heavy atom. The number of carbonyl (C=O) groups is 1. The lowest BCUT2D eigenvalue weighted by Crippen LogP contribution is -2.32. The Balaban J connectivity index is 1.79. The van der Waals surface area contributed by atoms with Crippen molar-refractivity contribution in [2.75, 3.05) is 5.32 Å². The van der Waals surface area contributed by atoms with Gasteiger partial charge in [-0.25, -0.2) is 0 Å². The third-order valence-electron chi connectivity index (χ3n) is 5.94. The number of allylic oxidation sites excluding steroid dienone is 1. The van der Waals surface area contributed by atoms with E-state index in [4.69, 9.17) is 11.6 Å². The van der Waals surface area contributed by atoms with Crippen molar-refractivity contribution in [3.05, 3.63) is 82.4 Å². The molecule has 140 valence electrons. The Labute approximate surface area is 170 Å². The molecule has 0 spiro atoms. The lowest BCUT2D eigenvalue weighted by molar-refractivity contribution is -0.116. The van der Waals surface area contributed by atoms with Gasteiger partial charge in [0.15, 0.2) is 5.78 Å². The summed E-state index contributed by atoms with van der Waals surface area (Å²) in [5.41, 5.74) is 5.33. The van der Waals surface area contributed by atoms with Gasteiger partial charge in [-0.3, -0.25) is 4.79 Å². The molecule has 0 amide bonds. The second-order valence-electron chi connectivity index (χ2n) is 8.68. The SMILES string of the molecule is CC1(C)CC(=O)C2=C(C1)C(c1ccc(Cl)cc1)Nc1ccc3ccccc3c12. The van der Waals surface area contributed by atoms with Crippen molar-refractivity contribution in [1.82, 2.24) is 0 Å². The lowest BCUT2D eigenvalue weighted by Gasteiger charge is -2.40. The number of carbonyl (C=O) groups excluding carboxylic acids is 1. The molecule has 3 aromatic rings. The largest absolute Gasteiger partial charge is 0.374 e. The first-order valence-corrected chi connectivity index (χ1v) is 10.1. The molecule has 0 radical (unpaired) electrons. The minimum atomic E-state index is -0.0373. The van der Waals surface area contributed by atoms with Crippen LogP contribution >= 0.6 is 11.6 Å². The molecular formula is C25H22ClNO. The second-order valence-corrected chi connectivity index (χ2v) is 9.12. The number of Topliss-reactive ketones (excluding diaryl/α,β-unsaturated/α-hetero) is 1. The highest BCUT2D eigenvalue weighted by molar-refractivity contribution is 6.30. The quantitative estimate of drug-likeness (QED) is 0.497. The first-order chi connectivity index (χ1) is 13.4. The number of hydrogen-bond acceptors (Lipinski definition) is 2. The average Bonchev–Trinajstić information content (AvgIpc) is 2.66. The molecule has 0 aromatic heterocycles. The lowest BCUT2D eigenvalue weighted by atomic mass is 9.68. The molecule has 1 aliphatic carbocycles. The number of rotatable bonds is 1. The van der Waals surface area contributed by atoms with Gasteiger partial charge in [0.25, 0.3) is 0 Å². The first-order valence-electron chi connectivity index (χ1n) is 9.73. The zero-order chi connectivity index (χ0) is 19.5. The number of fused-ring (bicyclic) bond motifs is 4. The summed E-state index contributed by atoms with van der Waals surface area (Å²) in [6, 6.07) is 20.5. The fraction of sp³-hybridized carbons (Fsp3) is 0.240. The van der Waals surface area contributed by atoms with E-state index in [1.807, 2.05) is 24.3 Å². The molecule has 28 heavy (non-hydrogen) atoms. The Hall–Kier alpha value is -2.58. The predicted molar refractivity (Wildman–Crippen MR) is 117 cm³/mol. The average molecular weight is 388 g/mol. The number of ketones is 1. The van der Waals surface area contributed by atoms with Crippen LogP contribution in [0.3, 0.4) is 0 Å². The molecule has 0 fully saturated rings. The number of anilines is 1. The second kappa shape index (κ2) is 6.22. The number of nitrogens with one attached hydrogen (secondary N) is 1. The summed E-state index contributed by atoms with van der Waals surface area (Å²) in [6.45, 7) is 4.37. The van der Waals surface area contributed by atoms with Crippen molar-refractivity contribution in [3.8, 4) is 0 Å². The molecule has 1 heterocycles. The van der Waals surface area contributed by atoms with Crippen LogP contribution in [0.5, 0.6) is 0 Å². The number of hydrogen-bond donors (Lipinski definition) is 1. The van der Waals surface area contributed by atoms with Gasteiger partial charge in [0.05, 0.1) is 6.04 Å². The minimum Gasteiger partial charge on any atom is -0.374 e. The van der Waals surface area contributed by atoms with Crippen LogP contribution in [0.25, 0.3) is 16.3 Å². The van der Waals surface area contributed by atoms with Crippen molar-refractivity contribution in [2.24, 2.45) is 5.41 Å². The first kappa shape index (κ1) is 17.5. The van der Waals surface area contributed by atoms with Crippen molar-refractivity contribution in [2.45, 2.75) is 32.7 Å². The van der Waals surface area contributed by atoms with Gasteiger partial charge in [0.2, 0.25) is 0 Å². The van der Waals surface area contributed by atoms with Crippen LogP contribution in [0.2, 0.25) is 5.02 Å². The fourth-order valence-electron chi connectivity index (χ4n) is 4.76. The van der Waals surface area contributed by atoms with Crippen molar-refractivity contribution >= 4 is 39.4 Å². The molecule has 3 aromatic carbocycles. The van der Waals surface area contributed by atoms with Crippen LogP contribution in [0.15, 0.2) is 66.2 Å². The number of benzene rings is 3. The molecule has 1 atom stereocenters. The highest BCUT2D eigenvalue weighted by Crippen LogP contribution is 2.51. The zero-order valence-corrected chi connectivity index (χ0v) is 16.8. The van der Waals surface area contributed by atoms with Gasteiger partial charge in [-0.15, -0.1) is 0 Å². The minimum absolute atomic E-state index is 0.00976. The van der Waals surface area contributed by atoms with E-state index < -0.39 is 0 Å². The molecule has 2 aliphatic rings. The Kier molecular flexibility index (Phi) is 3.89. The summed E-state index contributed by atoms with van der Waals surface area (Å²) in [6.07, 6.45) is 1.48. The summed E-state index contributed by atoms with van der Waals surface area (Å²) in [4.78, 5) is 13.4. The fourth-order valence-corrected chi connectivity index (χ4v) is 4.88. The monoisotopic (exact) mass is 387 g/mol. The smallest absolute Gasteiger partial charge is 0.164 e. The summed E-state index contributed by atoms with van der Waals surface area (Å²) in [7, 11) is 0. The summed E-state index contributed by atoms with van der Waals surface area (Å²) in [5, 5.41) is 6.76. The van der Waals surface area contributed by atoms with Gasteiger partial charge < -0.3 is 5.32 Å². The van der Waals surface area contributed by atoms with Gasteiger partial charge >= 0.3 is 0 Å². The third kappa shape index (κ3) is 2.75. The summed E-state index contributed by atoms with van der Waals surface area (Å²) < 4.78 is 0. The van der Waals surface area contributed by atoms with Crippen LogP contribution in [0.4, 0.5) is 5.69 Å². The Morgan fingerprint density at radius 3 is 2.50 bits per heavy atom. The van der Waals surface area contributed by atoms with Gasteiger partial charge in [-0.1, -0.05) is 67.9 Å². The van der Waals surface area contributed by atoms with Crippen molar-refractivity contribution in [3.63, 3.8) is 0 Å². The van der Waals surface area contributed by atoms with Crippen LogP contribution in [-0.4, -0.2) is 5.78 Å². The molecule has 1 aliphatic heterocycles. The van der Waals surface area contributed by atoms with Crippen LogP contribution in [0, 0.1) is 5.41 Å². The topological polar surface area (TPSA) is 29.1 Å².